The molecule has 2 aliphatic rings. The Labute approximate surface area is 118 Å². The average molecular weight is 275 g/mol. The molecule has 1 aliphatic carbocycles. The summed E-state index contributed by atoms with van der Waals surface area (Å²) in [6.07, 6.45) is 5.24. The highest BCUT2D eigenvalue weighted by Gasteiger charge is 2.33. The maximum atomic E-state index is 12.3. The third-order valence-electron chi connectivity index (χ3n) is 4.46. The highest BCUT2D eigenvalue weighted by Crippen LogP contribution is 2.31. The maximum Gasteiger partial charge on any atom is 0.251 e. The predicted octanol–water partition coefficient (Wildman–Crippen LogP) is 1.58. The van der Waals surface area contributed by atoms with E-state index in [4.69, 9.17) is 0 Å². The van der Waals surface area contributed by atoms with Crippen molar-refractivity contribution in [3.63, 3.8) is 0 Å². The molecule has 1 saturated heterocycles. The molecule has 5 heteroatoms. The average Bonchev–Trinajstić information content (AvgIpc) is 2.35. The number of piperidine rings is 1. The van der Waals surface area contributed by atoms with Crippen LogP contribution in [-0.4, -0.2) is 33.9 Å². The number of carbonyl (C=O) groups excluding carboxylic acids is 1. The second-order valence-electron chi connectivity index (χ2n) is 6.02. The van der Waals surface area contributed by atoms with Gasteiger partial charge in [0.15, 0.2) is 0 Å². The van der Waals surface area contributed by atoms with E-state index in [1.165, 1.54) is 12.5 Å². The molecule has 1 aliphatic heterocycles. The number of hydrogen-bond donors (Lipinski definition) is 1. The second-order valence-corrected chi connectivity index (χ2v) is 6.02. The van der Waals surface area contributed by atoms with Crippen molar-refractivity contribution >= 4 is 5.91 Å². The van der Waals surface area contributed by atoms with Crippen molar-refractivity contribution in [3.8, 4) is 0 Å². The largest absolute Gasteiger partial charge is 0.342 e. The van der Waals surface area contributed by atoms with Crippen LogP contribution in [0.4, 0.5) is 0 Å². The zero-order chi connectivity index (χ0) is 14.1. The number of hydrogen-bond acceptors (Lipinski definition) is 3. The van der Waals surface area contributed by atoms with Crippen molar-refractivity contribution in [3.05, 3.63) is 27.9 Å². The van der Waals surface area contributed by atoms with Crippen LogP contribution >= 0.6 is 0 Å². The third kappa shape index (κ3) is 2.62. The Morgan fingerprint density at radius 3 is 2.80 bits per heavy atom. The lowest BCUT2D eigenvalue weighted by Gasteiger charge is -2.36. The molecule has 0 radical (unpaired) electrons. The fourth-order valence-corrected chi connectivity index (χ4v) is 3.11. The molecule has 1 aromatic heterocycles. The van der Waals surface area contributed by atoms with Gasteiger partial charge in [-0.1, -0.05) is 6.42 Å². The summed E-state index contributed by atoms with van der Waals surface area (Å²) in [5.41, 5.74) is 0.640. The van der Waals surface area contributed by atoms with Crippen molar-refractivity contribution in [1.29, 1.82) is 0 Å². The Morgan fingerprint density at radius 2 is 2.15 bits per heavy atom. The summed E-state index contributed by atoms with van der Waals surface area (Å²) >= 11 is 0. The Kier molecular flexibility index (Phi) is 3.59. The number of likely N-dealkylation sites (tertiary alicyclic amines) is 1. The molecule has 108 valence electrons. The van der Waals surface area contributed by atoms with E-state index in [-0.39, 0.29) is 17.4 Å². The zero-order valence-corrected chi connectivity index (χ0v) is 11.9. The Bertz CT molecular complexity index is 562. The van der Waals surface area contributed by atoms with Crippen LogP contribution in [0.3, 0.4) is 0 Å². The lowest BCUT2D eigenvalue weighted by Crippen LogP contribution is -2.44. The van der Waals surface area contributed by atoms with Gasteiger partial charge in [-0.2, -0.15) is 0 Å². The van der Waals surface area contributed by atoms with E-state index in [0.717, 1.165) is 43.7 Å². The van der Waals surface area contributed by atoms with Gasteiger partial charge in [0.05, 0.1) is 0 Å². The summed E-state index contributed by atoms with van der Waals surface area (Å²) in [5.74, 6) is 1.45. The zero-order valence-electron chi connectivity index (χ0n) is 11.9. The van der Waals surface area contributed by atoms with Gasteiger partial charge in [-0.25, -0.2) is 4.98 Å². The van der Waals surface area contributed by atoms with Gasteiger partial charge in [0.2, 0.25) is 5.91 Å². The fourth-order valence-electron chi connectivity index (χ4n) is 3.11. The lowest BCUT2D eigenvalue weighted by molar-refractivity contribution is -0.139. The van der Waals surface area contributed by atoms with Crippen LogP contribution < -0.4 is 5.56 Å². The molecule has 1 aromatic rings. The SMILES string of the molecule is Cc1cc(=O)[nH]c(C2CCCN(C(=O)C3CCC3)C2)n1. The Balaban J connectivity index is 1.74. The van der Waals surface area contributed by atoms with Crippen molar-refractivity contribution in [2.75, 3.05) is 13.1 Å². The van der Waals surface area contributed by atoms with E-state index < -0.39 is 0 Å². The first kappa shape index (κ1) is 13.3. The third-order valence-corrected chi connectivity index (χ3v) is 4.46. The summed E-state index contributed by atoms with van der Waals surface area (Å²) in [6, 6.07) is 1.50. The summed E-state index contributed by atoms with van der Waals surface area (Å²) < 4.78 is 0. The van der Waals surface area contributed by atoms with E-state index in [1.54, 1.807) is 0 Å². The normalized spacial score (nSPS) is 23.4. The molecule has 0 aromatic carbocycles. The smallest absolute Gasteiger partial charge is 0.251 e. The number of H-pyrrole nitrogens is 1. The molecule has 2 heterocycles. The number of nitrogens with one attached hydrogen (secondary N) is 1. The number of aryl methyl sites for hydroxylation is 1. The van der Waals surface area contributed by atoms with Crippen LogP contribution in [0, 0.1) is 12.8 Å². The van der Waals surface area contributed by atoms with Crippen molar-refractivity contribution < 1.29 is 4.79 Å². The van der Waals surface area contributed by atoms with Gasteiger partial charge in [0.25, 0.3) is 5.56 Å². The fraction of sp³-hybridized carbons (Fsp3) is 0.667. The van der Waals surface area contributed by atoms with Crippen LogP contribution in [-0.2, 0) is 4.79 Å². The number of nitrogens with zero attached hydrogens (tertiary/aromatic N) is 2. The first-order chi connectivity index (χ1) is 9.63. The summed E-state index contributed by atoms with van der Waals surface area (Å²) in [7, 11) is 0. The summed E-state index contributed by atoms with van der Waals surface area (Å²) in [5, 5.41) is 0. The van der Waals surface area contributed by atoms with Crippen molar-refractivity contribution in [2.24, 2.45) is 5.92 Å². The number of aromatic nitrogens is 2. The Morgan fingerprint density at radius 1 is 1.35 bits per heavy atom. The second kappa shape index (κ2) is 5.38. The molecule has 20 heavy (non-hydrogen) atoms. The van der Waals surface area contributed by atoms with E-state index in [1.807, 2.05) is 11.8 Å². The number of amides is 1. The Hall–Kier alpha value is -1.65. The minimum Gasteiger partial charge on any atom is -0.342 e. The minimum absolute atomic E-state index is 0.102. The highest BCUT2D eigenvalue weighted by molar-refractivity contribution is 5.79. The molecule has 1 N–H and O–H groups in total. The molecule has 0 spiro atoms. The highest BCUT2D eigenvalue weighted by atomic mass is 16.2. The predicted molar refractivity (Wildman–Crippen MR) is 75.5 cm³/mol. The molecule has 2 fully saturated rings. The number of aromatic amines is 1. The van der Waals surface area contributed by atoms with Crippen molar-refractivity contribution in [1.82, 2.24) is 14.9 Å². The number of rotatable bonds is 2. The molecule has 0 bridgehead atoms. The molecule has 1 saturated carbocycles. The van der Waals surface area contributed by atoms with E-state index in [2.05, 4.69) is 9.97 Å². The van der Waals surface area contributed by atoms with Gasteiger partial charge in [-0.3, -0.25) is 9.59 Å². The van der Waals surface area contributed by atoms with Crippen LogP contribution in [0.2, 0.25) is 0 Å². The first-order valence-electron chi connectivity index (χ1n) is 7.50. The van der Waals surface area contributed by atoms with Gasteiger partial charge in [0.1, 0.15) is 5.82 Å². The monoisotopic (exact) mass is 275 g/mol. The minimum atomic E-state index is -0.102. The standard InChI is InChI=1S/C15H21N3O2/c1-10-8-13(19)17-14(16-10)12-6-3-7-18(9-12)15(20)11-4-2-5-11/h8,11-12H,2-7,9H2,1H3,(H,16,17,19). The molecule has 5 nitrogen and oxygen atoms in total. The molecular weight excluding hydrogens is 254 g/mol. The lowest BCUT2D eigenvalue weighted by atomic mass is 9.83. The van der Waals surface area contributed by atoms with E-state index in [0.29, 0.717) is 12.5 Å². The molecule has 3 rings (SSSR count). The van der Waals surface area contributed by atoms with E-state index in [9.17, 15) is 9.59 Å². The van der Waals surface area contributed by atoms with Gasteiger partial charge in [-0.15, -0.1) is 0 Å². The van der Waals surface area contributed by atoms with Gasteiger partial charge >= 0.3 is 0 Å². The van der Waals surface area contributed by atoms with Gasteiger partial charge < -0.3 is 9.88 Å². The molecular formula is C15H21N3O2. The van der Waals surface area contributed by atoms with Crippen LogP contribution in [0.25, 0.3) is 0 Å². The molecule has 1 atom stereocenters. The van der Waals surface area contributed by atoms with Gasteiger partial charge in [-0.05, 0) is 32.6 Å². The summed E-state index contributed by atoms with van der Waals surface area (Å²) in [6.45, 7) is 3.38. The number of carbonyl (C=O) groups is 1. The molecule has 1 unspecified atom stereocenters. The maximum absolute atomic E-state index is 12.3. The van der Waals surface area contributed by atoms with Crippen LogP contribution in [0.1, 0.15) is 49.5 Å². The van der Waals surface area contributed by atoms with Crippen molar-refractivity contribution in [2.45, 2.75) is 44.9 Å². The summed E-state index contributed by atoms with van der Waals surface area (Å²) in [4.78, 5) is 33.1. The van der Waals surface area contributed by atoms with Gasteiger partial charge in [0, 0.05) is 36.7 Å². The first-order valence-corrected chi connectivity index (χ1v) is 7.50. The van der Waals surface area contributed by atoms with E-state index >= 15 is 0 Å². The van der Waals surface area contributed by atoms with Crippen LogP contribution in [0.15, 0.2) is 10.9 Å². The topological polar surface area (TPSA) is 66.1 Å². The molecule has 1 amide bonds. The quantitative estimate of drug-likeness (QED) is 0.891. The van der Waals surface area contributed by atoms with Crippen LogP contribution in [0.5, 0.6) is 0 Å².